The number of allylic oxidation sites excluding steroid dienone is 1. The topological polar surface area (TPSA) is 88.5 Å². The lowest BCUT2D eigenvalue weighted by Gasteiger charge is -2.06. The fourth-order valence-electron chi connectivity index (χ4n) is 1.98. The van der Waals surface area contributed by atoms with Gasteiger partial charge < -0.3 is 15.2 Å². The minimum absolute atomic E-state index is 0.192. The van der Waals surface area contributed by atoms with Gasteiger partial charge in [0.2, 0.25) is 5.91 Å². The molecule has 2 rings (SSSR count). The van der Waals surface area contributed by atoms with E-state index in [1.807, 2.05) is 19.1 Å². The Balaban J connectivity index is 1.91. The molecular weight excluding hydrogens is 308 g/mol. The van der Waals surface area contributed by atoms with Crippen molar-refractivity contribution in [3.8, 4) is 5.75 Å². The second-order valence-corrected chi connectivity index (χ2v) is 5.11. The standard InChI is InChI=1S/C18H18N2O4/c1-13(9-17(21)20-11-14-3-2-8-19-10-14)15-4-6-16(7-5-15)24-12-18(22)23/h2-10H,11-12H2,1H3,(H,20,21)(H,22,23)/b13-9+. The first-order chi connectivity index (χ1) is 11.5. The molecule has 1 heterocycles. The van der Waals surface area contributed by atoms with Gasteiger partial charge in [0.05, 0.1) is 0 Å². The van der Waals surface area contributed by atoms with Crippen LogP contribution < -0.4 is 10.1 Å². The van der Waals surface area contributed by atoms with Crippen molar-refractivity contribution in [2.45, 2.75) is 13.5 Å². The number of carbonyl (C=O) groups excluding carboxylic acids is 1. The van der Waals surface area contributed by atoms with Crippen LogP contribution >= 0.6 is 0 Å². The van der Waals surface area contributed by atoms with Crippen LogP contribution in [-0.2, 0) is 16.1 Å². The molecule has 0 aliphatic heterocycles. The molecule has 6 heteroatoms. The van der Waals surface area contributed by atoms with E-state index >= 15 is 0 Å². The molecule has 0 aliphatic carbocycles. The zero-order valence-corrected chi connectivity index (χ0v) is 13.2. The van der Waals surface area contributed by atoms with Gasteiger partial charge in [-0.1, -0.05) is 18.2 Å². The first-order valence-corrected chi connectivity index (χ1v) is 7.34. The lowest BCUT2D eigenvalue weighted by Crippen LogP contribution is -2.20. The summed E-state index contributed by atoms with van der Waals surface area (Å²) in [6.45, 7) is 1.86. The van der Waals surface area contributed by atoms with E-state index in [2.05, 4.69) is 10.3 Å². The van der Waals surface area contributed by atoms with E-state index in [0.29, 0.717) is 12.3 Å². The van der Waals surface area contributed by atoms with E-state index in [4.69, 9.17) is 9.84 Å². The molecule has 24 heavy (non-hydrogen) atoms. The smallest absolute Gasteiger partial charge is 0.341 e. The monoisotopic (exact) mass is 326 g/mol. The van der Waals surface area contributed by atoms with Gasteiger partial charge in [0.1, 0.15) is 5.75 Å². The average Bonchev–Trinajstić information content (AvgIpc) is 2.59. The van der Waals surface area contributed by atoms with Crippen molar-refractivity contribution in [2.24, 2.45) is 0 Å². The van der Waals surface area contributed by atoms with E-state index < -0.39 is 5.97 Å². The van der Waals surface area contributed by atoms with Crippen molar-refractivity contribution in [2.75, 3.05) is 6.61 Å². The van der Waals surface area contributed by atoms with Crippen LogP contribution in [-0.4, -0.2) is 28.6 Å². The predicted octanol–water partition coefficient (Wildman–Crippen LogP) is 2.26. The first kappa shape index (κ1) is 17.2. The van der Waals surface area contributed by atoms with Crippen LogP contribution in [0.5, 0.6) is 5.75 Å². The molecule has 1 amide bonds. The van der Waals surface area contributed by atoms with Crippen molar-refractivity contribution in [3.05, 3.63) is 66.0 Å². The number of carboxylic acids is 1. The first-order valence-electron chi connectivity index (χ1n) is 7.34. The predicted molar refractivity (Wildman–Crippen MR) is 89.3 cm³/mol. The number of hydrogen-bond acceptors (Lipinski definition) is 4. The minimum Gasteiger partial charge on any atom is -0.482 e. The van der Waals surface area contributed by atoms with Crippen molar-refractivity contribution < 1.29 is 19.4 Å². The van der Waals surface area contributed by atoms with Gasteiger partial charge >= 0.3 is 5.97 Å². The molecule has 0 bridgehead atoms. The zero-order valence-electron chi connectivity index (χ0n) is 13.2. The lowest BCUT2D eigenvalue weighted by atomic mass is 10.1. The average molecular weight is 326 g/mol. The van der Waals surface area contributed by atoms with Crippen molar-refractivity contribution >= 4 is 17.4 Å². The Hall–Kier alpha value is -3.15. The molecule has 6 nitrogen and oxygen atoms in total. The minimum atomic E-state index is -1.03. The summed E-state index contributed by atoms with van der Waals surface area (Å²) >= 11 is 0. The highest BCUT2D eigenvalue weighted by atomic mass is 16.5. The Morgan fingerprint density at radius 2 is 2.00 bits per heavy atom. The molecule has 0 unspecified atom stereocenters. The van der Waals surface area contributed by atoms with Gasteiger partial charge in [-0.2, -0.15) is 0 Å². The maximum atomic E-state index is 11.9. The van der Waals surface area contributed by atoms with Gasteiger partial charge in [-0.05, 0) is 41.8 Å². The van der Waals surface area contributed by atoms with Crippen LogP contribution in [0.15, 0.2) is 54.9 Å². The van der Waals surface area contributed by atoms with Gasteiger partial charge in [0.15, 0.2) is 6.61 Å². The van der Waals surface area contributed by atoms with E-state index in [1.54, 1.807) is 36.7 Å². The van der Waals surface area contributed by atoms with Crippen molar-refractivity contribution in [1.29, 1.82) is 0 Å². The van der Waals surface area contributed by atoms with Crippen LogP contribution in [0.1, 0.15) is 18.1 Å². The van der Waals surface area contributed by atoms with Crippen LogP contribution in [0.25, 0.3) is 5.57 Å². The summed E-state index contributed by atoms with van der Waals surface area (Å²) in [6.07, 6.45) is 4.90. The van der Waals surface area contributed by atoms with Crippen molar-refractivity contribution in [3.63, 3.8) is 0 Å². The second kappa shape index (κ2) is 8.47. The Morgan fingerprint density at radius 3 is 2.62 bits per heavy atom. The quantitative estimate of drug-likeness (QED) is 0.762. The fraction of sp³-hybridized carbons (Fsp3) is 0.167. The number of rotatable bonds is 7. The number of aromatic nitrogens is 1. The summed E-state index contributed by atoms with van der Waals surface area (Å²) in [5.41, 5.74) is 2.58. The Kier molecular flexibility index (Phi) is 6.08. The maximum absolute atomic E-state index is 11.9. The Morgan fingerprint density at radius 1 is 1.25 bits per heavy atom. The number of ether oxygens (including phenoxy) is 1. The summed E-state index contributed by atoms with van der Waals surface area (Å²) in [5, 5.41) is 11.4. The third-order valence-electron chi connectivity index (χ3n) is 3.21. The number of pyridine rings is 1. The lowest BCUT2D eigenvalue weighted by molar-refractivity contribution is -0.139. The highest BCUT2D eigenvalue weighted by molar-refractivity contribution is 5.94. The van der Waals surface area contributed by atoms with Crippen molar-refractivity contribution in [1.82, 2.24) is 10.3 Å². The molecular formula is C18H18N2O4. The van der Waals surface area contributed by atoms with Gasteiger partial charge in [-0.15, -0.1) is 0 Å². The number of carbonyl (C=O) groups is 2. The number of nitrogens with one attached hydrogen (secondary N) is 1. The Labute approximate surface area is 139 Å². The normalized spacial score (nSPS) is 11.0. The summed E-state index contributed by atoms with van der Waals surface area (Å²) in [5.74, 6) is -0.752. The van der Waals surface area contributed by atoms with Crippen LogP contribution in [0, 0.1) is 0 Å². The van der Waals surface area contributed by atoms with E-state index in [-0.39, 0.29) is 12.5 Å². The van der Waals surface area contributed by atoms with Gasteiger partial charge in [0, 0.05) is 25.0 Å². The third-order valence-corrected chi connectivity index (χ3v) is 3.21. The summed E-state index contributed by atoms with van der Waals surface area (Å²) in [7, 11) is 0. The van der Waals surface area contributed by atoms with E-state index in [9.17, 15) is 9.59 Å². The van der Waals surface area contributed by atoms with Gasteiger partial charge in [0.25, 0.3) is 0 Å². The summed E-state index contributed by atoms with van der Waals surface area (Å²) in [6, 6.07) is 10.6. The van der Waals surface area contributed by atoms with E-state index in [1.165, 1.54) is 6.08 Å². The third kappa shape index (κ3) is 5.57. The number of amides is 1. The molecule has 1 aromatic heterocycles. The molecule has 124 valence electrons. The molecule has 0 fully saturated rings. The van der Waals surface area contributed by atoms with Crippen LogP contribution in [0.3, 0.4) is 0 Å². The van der Waals surface area contributed by atoms with Gasteiger partial charge in [-0.25, -0.2) is 4.79 Å². The van der Waals surface area contributed by atoms with E-state index in [0.717, 1.165) is 16.7 Å². The van der Waals surface area contributed by atoms with Gasteiger partial charge in [-0.3, -0.25) is 9.78 Å². The molecule has 2 N–H and O–H groups in total. The number of carboxylic acid groups (broad SMARTS) is 1. The highest BCUT2D eigenvalue weighted by Gasteiger charge is 2.03. The molecule has 0 saturated carbocycles. The molecule has 1 aromatic carbocycles. The largest absolute Gasteiger partial charge is 0.482 e. The number of nitrogens with zero attached hydrogens (tertiary/aromatic N) is 1. The highest BCUT2D eigenvalue weighted by Crippen LogP contribution is 2.18. The molecule has 0 saturated heterocycles. The molecule has 0 atom stereocenters. The molecule has 0 radical (unpaired) electrons. The number of aliphatic carboxylic acids is 1. The second-order valence-electron chi connectivity index (χ2n) is 5.11. The van der Waals surface area contributed by atoms with Crippen LogP contribution in [0.4, 0.5) is 0 Å². The summed E-state index contributed by atoms with van der Waals surface area (Å²) < 4.78 is 5.07. The molecule has 2 aromatic rings. The summed E-state index contributed by atoms with van der Waals surface area (Å²) in [4.78, 5) is 26.4. The zero-order chi connectivity index (χ0) is 17.4. The molecule has 0 aliphatic rings. The maximum Gasteiger partial charge on any atom is 0.341 e. The fourth-order valence-corrected chi connectivity index (χ4v) is 1.98. The Bertz CT molecular complexity index is 724. The number of hydrogen-bond donors (Lipinski definition) is 2. The SMILES string of the molecule is C/C(=C\C(=O)NCc1cccnc1)c1ccc(OCC(=O)O)cc1. The number of benzene rings is 1. The van der Waals surface area contributed by atoms with Crippen LogP contribution in [0.2, 0.25) is 0 Å². The molecule has 0 spiro atoms.